The highest BCUT2D eigenvalue weighted by molar-refractivity contribution is 7.91. The minimum absolute atomic E-state index is 0.163. The molecule has 0 spiro atoms. The molecule has 0 saturated carbocycles. The smallest absolute Gasteiger partial charge is 0.169 e. The van der Waals surface area contributed by atoms with E-state index in [1.165, 1.54) is 12.3 Å². The van der Waals surface area contributed by atoms with Gasteiger partial charge in [-0.15, -0.1) is 0 Å². The first-order chi connectivity index (χ1) is 9.84. The molecule has 1 aromatic heterocycles. The van der Waals surface area contributed by atoms with Crippen LogP contribution in [0.2, 0.25) is 0 Å². The molecule has 1 heterocycles. The van der Waals surface area contributed by atoms with Crippen LogP contribution < -0.4 is 5.32 Å². The summed E-state index contributed by atoms with van der Waals surface area (Å²) in [6.45, 7) is 4.28. The molecule has 0 radical (unpaired) electrons. The average molecular weight is 313 g/mol. The van der Waals surface area contributed by atoms with Crippen LogP contribution in [-0.2, 0) is 9.84 Å². The molecule has 0 fully saturated rings. The summed E-state index contributed by atoms with van der Waals surface area (Å²) < 4.78 is 43.0. The van der Waals surface area contributed by atoms with E-state index in [0.717, 1.165) is 6.42 Å². The summed E-state index contributed by atoms with van der Waals surface area (Å²) in [5, 5.41) is 3.15. The molecule has 0 bridgehead atoms. The van der Waals surface area contributed by atoms with Gasteiger partial charge in [-0.05, 0) is 32.0 Å². The fourth-order valence-electron chi connectivity index (χ4n) is 2.25. The van der Waals surface area contributed by atoms with E-state index < -0.39 is 26.9 Å². The van der Waals surface area contributed by atoms with E-state index in [4.69, 9.17) is 4.42 Å². The molecule has 2 unspecified atom stereocenters. The molecule has 1 aromatic carbocycles. The number of hydrogen-bond acceptors (Lipinski definition) is 4. The van der Waals surface area contributed by atoms with Crippen molar-refractivity contribution in [1.82, 2.24) is 5.32 Å². The second kappa shape index (κ2) is 6.15. The predicted molar refractivity (Wildman–Crippen MR) is 81.5 cm³/mol. The number of sulfone groups is 1. The molecular formula is C15H20FNO3S. The summed E-state index contributed by atoms with van der Waals surface area (Å²) in [6, 6.07) is 5.88. The third-order valence-electron chi connectivity index (χ3n) is 3.58. The molecule has 0 aliphatic heterocycles. The van der Waals surface area contributed by atoms with Crippen LogP contribution in [0, 0.1) is 5.82 Å². The van der Waals surface area contributed by atoms with E-state index in [0.29, 0.717) is 17.7 Å². The molecule has 0 aliphatic rings. The van der Waals surface area contributed by atoms with E-state index >= 15 is 0 Å². The van der Waals surface area contributed by atoms with Crippen molar-refractivity contribution in [2.75, 3.05) is 12.8 Å². The number of para-hydroxylation sites is 1. The lowest BCUT2D eigenvalue weighted by Crippen LogP contribution is -2.35. The Morgan fingerprint density at radius 1 is 1.38 bits per heavy atom. The summed E-state index contributed by atoms with van der Waals surface area (Å²) in [4.78, 5) is 0. The largest absolute Gasteiger partial charge is 0.456 e. The van der Waals surface area contributed by atoms with E-state index in [1.807, 2.05) is 6.92 Å². The van der Waals surface area contributed by atoms with Gasteiger partial charge in [0, 0.05) is 11.6 Å². The predicted octanol–water partition coefficient (Wildman–Crippen LogP) is 3.05. The van der Waals surface area contributed by atoms with Gasteiger partial charge in [-0.1, -0.05) is 19.1 Å². The van der Waals surface area contributed by atoms with Crippen molar-refractivity contribution in [2.45, 2.75) is 31.6 Å². The zero-order chi connectivity index (χ0) is 15.6. The topological polar surface area (TPSA) is 59.3 Å². The fraction of sp³-hybridized carbons (Fsp3) is 0.467. The Morgan fingerprint density at radius 2 is 2.10 bits per heavy atom. The van der Waals surface area contributed by atoms with E-state index in [1.54, 1.807) is 25.1 Å². The lowest BCUT2D eigenvalue weighted by atomic mass is 10.1. The molecule has 1 N–H and O–H groups in total. The van der Waals surface area contributed by atoms with E-state index in [2.05, 4.69) is 5.32 Å². The lowest BCUT2D eigenvalue weighted by molar-refractivity contribution is 0.412. The molecule has 2 rings (SSSR count). The van der Waals surface area contributed by atoms with Crippen LogP contribution in [0.3, 0.4) is 0 Å². The Kier molecular flexibility index (Phi) is 4.68. The van der Waals surface area contributed by atoms with Gasteiger partial charge >= 0.3 is 0 Å². The minimum atomic E-state index is -3.24. The maximum Gasteiger partial charge on any atom is 0.169 e. The standard InChI is InChI=1S/C15H20FNO3S/c1-4-8-17-14(10(2)21(3,18)19)13-9-11-6-5-7-12(16)15(11)20-13/h5-7,9-10,14,17H,4,8H2,1-3H3. The Balaban J connectivity index is 2.45. The maximum atomic E-state index is 13.7. The SMILES string of the molecule is CCCNC(c1cc2cccc(F)c2o1)C(C)S(C)(=O)=O. The van der Waals surface area contributed by atoms with Gasteiger partial charge in [-0.25, -0.2) is 12.8 Å². The summed E-state index contributed by atoms with van der Waals surface area (Å²) >= 11 is 0. The molecule has 2 aromatic rings. The van der Waals surface area contributed by atoms with Gasteiger partial charge in [0.15, 0.2) is 21.2 Å². The van der Waals surface area contributed by atoms with Gasteiger partial charge in [0.25, 0.3) is 0 Å². The molecule has 6 heteroatoms. The van der Waals surface area contributed by atoms with Crippen molar-refractivity contribution in [2.24, 2.45) is 0 Å². The van der Waals surface area contributed by atoms with Crippen molar-refractivity contribution >= 4 is 20.8 Å². The number of hydrogen-bond donors (Lipinski definition) is 1. The van der Waals surface area contributed by atoms with Gasteiger partial charge in [-0.3, -0.25) is 0 Å². The highest BCUT2D eigenvalue weighted by Crippen LogP contribution is 2.29. The van der Waals surface area contributed by atoms with Gasteiger partial charge < -0.3 is 9.73 Å². The quantitative estimate of drug-likeness (QED) is 0.890. The van der Waals surface area contributed by atoms with Crippen LogP contribution in [0.15, 0.2) is 28.7 Å². The Morgan fingerprint density at radius 3 is 2.67 bits per heavy atom. The minimum Gasteiger partial charge on any atom is -0.456 e. The number of rotatable bonds is 6. The molecule has 2 atom stereocenters. The summed E-state index contributed by atoms with van der Waals surface area (Å²) in [5.41, 5.74) is 0.163. The van der Waals surface area contributed by atoms with Crippen LogP contribution >= 0.6 is 0 Å². The summed E-state index contributed by atoms with van der Waals surface area (Å²) in [6.07, 6.45) is 2.06. The zero-order valence-corrected chi connectivity index (χ0v) is 13.2. The van der Waals surface area contributed by atoms with Crippen LogP contribution in [0.1, 0.15) is 32.1 Å². The Bertz CT molecular complexity index is 724. The van der Waals surface area contributed by atoms with Crippen LogP contribution in [0.4, 0.5) is 4.39 Å². The monoisotopic (exact) mass is 313 g/mol. The first-order valence-corrected chi connectivity index (χ1v) is 8.90. The number of halogens is 1. The van der Waals surface area contributed by atoms with Crippen molar-refractivity contribution in [1.29, 1.82) is 0 Å². The van der Waals surface area contributed by atoms with Crippen molar-refractivity contribution in [3.05, 3.63) is 35.8 Å². The first-order valence-electron chi connectivity index (χ1n) is 6.94. The highest BCUT2D eigenvalue weighted by atomic mass is 32.2. The number of benzene rings is 1. The first kappa shape index (κ1) is 16.0. The molecule has 116 valence electrons. The summed E-state index contributed by atoms with van der Waals surface area (Å²) in [7, 11) is -3.24. The van der Waals surface area contributed by atoms with Crippen LogP contribution in [0.25, 0.3) is 11.0 Å². The Labute approximate surface area is 124 Å². The van der Waals surface area contributed by atoms with Gasteiger partial charge in [0.05, 0.1) is 11.3 Å². The van der Waals surface area contributed by atoms with Gasteiger partial charge in [0.2, 0.25) is 0 Å². The third-order valence-corrected chi connectivity index (χ3v) is 5.20. The second-order valence-corrected chi connectivity index (χ2v) is 7.68. The fourth-order valence-corrected chi connectivity index (χ4v) is 2.97. The highest BCUT2D eigenvalue weighted by Gasteiger charge is 2.29. The number of fused-ring (bicyclic) bond motifs is 1. The molecule has 0 saturated heterocycles. The van der Waals surface area contributed by atoms with Gasteiger partial charge in [-0.2, -0.15) is 0 Å². The molecule has 0 aliphatic carbocycles. The Hall–Kier alpha value is -1.40. The molecular weight excluding hydrogens is 293 g/mol. The summed E-state index contributed by atoms with van der Waals surface area (Å²) in [5.74, 6) is 0.00137. The van der Waals surface area contributed by atoms with E-state index in [9.17, 15) is 12.8 Å². The number of nitrogens with one attached hydrogen (secondary N) is 1. The molecule has 4 nitrogen and oxygen atoms in total. The van der Waals surface area contributed by atoms with Crippen molar-refractivity contribution < 1.29 is 17.2 Å². The maximum absolute atomic E-state index is 13.7. The van der Waals surface area contributed by atoms with Crippen LogP contribution in [0.5, 0.6) is 0 Å². The number of furan rings is 1. The normalized spacial score (nSPS) is 15.2. The second-order valence-electron chi connectivity index (χ2n) is 5.27. The lowest BCUT2D eigenvalue weighted by Gasteiger charge is -2.21. The van der Waals surface area contributed by atoms with E-state index in [-0.39, 0.29) is 5.58 Å². The van der Waals surface area contributed by atoms with Crippen molar-refractivity contribution in [3.8, 4) is 0 Å². The third kappa shape index (κ3) is 3.44. The molecule has 21 heavy (non-hydrogen) atoms. The zero-order valence-electron chi connectivity index (χ0n) is 12.4. The molecule has 0 amide bonds. The van der Waals surface area contributed by atoms with Crippen molar-refractivity contribution in [3.63, 3.8) is 0 Å². The van der Waals surface area contributed by atoms with Gasteiger partial charge in [0.1, 0.15) is 5.76 Å². The van der Waals surface area contributed by atoms with Crippen LogP contribution in [-0.4, -0.2) is 26.5 Å². The average Bonchev–Trinajstić information content (AvgIpc) is 2.83.